The highest BCUT2D eigenvalue weighted by Crippen LogP contribution is 2.22. The number of nitrogens with zero attached hydrogens (tertiary/aromatic N) is 1. The third-order valence-corrected chi connectivity index (χ3v) is 4.02. The van der Waals surface area contributed by atoms with Gasteiger partial charge in [-0.25, -0.2) is 12.7 Å². The molecule has 15 heavy (non-hydrogen) atoms. The van der Waals surface area contributed by atoms with Crippen LogP contribution in [0, 0.1) is 5.92 Å². The molecule has 0 radical (unpaired) electrons. The zero-order valence-electron chi connectivity index (χ0n) is 8.98. The largest absolute Gasteiger partial charge is 0.370 e. The predicted octanol–water partition coefficient (Wildman–Crippen LogP) is -0.0765. The molecule has 1 unspecified atom stereocenters. The topological polar surface area (TPSA) is 80.5 Å². The van der Waals surface area contributed by atoms with Crippen LogP contribution in [0.25, 0.3) is 0 Å². The number of nitrogens with two attached hydrogens (primary N) is 1. The Labute approximate surface area is 90.7 Å². The minimum absolute atomic E-state index is 0.279. The summed E-state index contributed by atoms with van der Waals surface area (Å²) in [5, 5.41) is 0. The summed E-state index contributed by atoms with van der Waals surface area (Å²) in [5.41, 5.74) is 5.06. The van der Waals surface area contributed by atoms with Crippen molar-refractivity contribution in [3.8, 4) is 0 Å². The smallest absolute Gasteiger partial charge is 0.217 e. The molecule has 0 aromatic rings. The molecule has 0 saturated carbocycles. The lowest BCUT2D eigenvalue weighted by Gasteiger charge is -2.30. The Morgan fingerprint density at radius 3 is 2.73 bits per heavy atom. The van der Waals surface area contributed by atoms with Crippen molar-refractivity contribution in [1.82, 2.24) is 4.31 Å². The van der Waals surface area contributed by atoms with Crippen molar-refractivity contribution in [3.05, 3.63) is 0 Å². The minimum Gasteiger partial charge on any atom is -0.370 e. The summed E-state index contributed by atoms with van der Waals surface area (Å²) in [4.78, 5) is 10.6. The average Bonchev–Trinajstić information content (AvgIpc) is 2.14. The first kappa shape index (κ1) is 12.4. The first-order chi connectivity index (χ1) is 6.89. The van der Waals surface area contributed by atoms with Gasteiger partial charge in [0.1, 0.15) is 0 Å². The van der Waals surface area contributed by atoms with Crippen LogP contribution in [0.2, 0.25) is 0 Å². The number of piperidine rings is 1. The zero-order chi connectivity index (χ0) is 11.5. The van der Waals surface area contributed by atoms with E-state index in [2.05, 4.69) is 0 Å². The van der Waals surface area contributed by atoms with Crippen LogP contribution in [-0.4, -0.2) is 38.0 Å². The number of carbonyl (C=O) groups is 1. The number of sulfonamides is 1. The number of carbonyl (C=O) groups excluding carboxylic acids is 1. The molecule has 1 rings (SSSR count). The number of hydrogen-bond donors (Lipinski definition) is 1. The molecule has 0 spiro atoms. The number of rotatable bonds is 4. The van der Waals surface area contributed by atoms with Crippen LogP contribution in [0.15, 0.2) is 0 Å². The van der Waals surface area contributed by atoms with E-state index in [1.54, 1.807) is 0 Å². The van der Waals surface area contributed by atoms with Gasteiger partial charge in [0, 0.05) is 19.5 Å². The molecule has 0 aliphatic carbocycles. The third kappa shape index (κ3) is 4.17. The fraction of sp³-hybridized carbons (Fsp3) is 0.889. The number of primary amides is 1. The quantitative estimate of drug-likeness (QED) is 0.739. The minimum atomic E-state index is -3.08. The molecule has 1 heterocycles. The normalized spacial score (nSPS) is 23.9. The van der Waals surface area contributed by atoms with Crippen molar-refractivity contribution >= 4 is 15.9 Å². The van der Waals surface area contributed by atoms with E-state index in [4.69, 9.17) is 5.73 Å². The summed E-state index contributed by atoms with van der Waals surface area (Å²) in [6.45, 7) is 1.14. The molecule has 2 N–H and O–H groups in total. The molecule has 88 valence electrons. The summed E-state index contributed by atoms with van der Waals surface area (Å²) in [6, 6.07) is 0. The molecule has 0 aromatic carbocycles. The molecule has 0 bridgehead atoms. The standard InChI is InChI=1S/C9H18N2O3S/c1-15(13,14)11-6-2-3-8(7-11)4-5-9(10)12/h8H,2-7H2,1H3,(H2,10,12). The van der Waals surface area contributed by atoms with E-state index in [0.29, 0.717) is 25.9 Å². The fourth-order valence-corrected chi connectivity index (χ4v) is 2.85. The van der Waals surface area contributed by atoms with E-state index in [-0.39, 0.29) is 11.8 Å². The molecule has 6 heteroatoms. The molecular weight excluding hydrogens is 216 g/mol. The van der Waals surface area contributed by atoms with Crippen LogP contribution in [-0.2, 0) is 14.8 Å². The summed E-state index contributed by atoms with van der Waals surface area (Å²) in [5.74, 6) is -0.0348. The Morgan fingerprint density at radius 2 is 2.20 bits per heavy atom. The van der Waals surface area contributed by atoms with Gasteiger partial charge >= 0.3 is 0 Å². The third-order valence-electron chi connectivity index (χ3n) is 2.75. The van der Waals surface area contributed by atoms with Gasteiger partial charge in [0.15, 0.2) is 0 Å². The highest BCUT2D eigenvalue weighted by Gasteiger charge is 2.25. The maximum atomic E-state index is 11.3. The molecule has 1 aliphatic rings. The SMILES string of the molecule is CS(=O)(=O)N1CCCC(CCC(N)=O)C1. The van der Waals surface area contributed by atoms with Crippen LogP contribution in [0.5, 0.6) is 0 Å². The first-order valence-corrected chi connectivity index (χ1v) is 6.98. The number of amides is 1. The van der Waals surface area contributed by atoms with Gasteiger partial charge in [-0.2, -0.15) is 0 Å². The molecule has 1 fully saturated rings. The van der Waals surface area contributed by atoms with Gasteiger partial charge in [-0.3, -0.25) is 4.79 Å². The number of hydrogen-bond acceptors (Lipinski definition) is 3. The highest BCUT2D eigenvalue weighted by atomic mass is 32.2. The van der Waals surface area contributed by atoms with Crippen LogP contribution in [0.1, 0.15) is 25.7 Å². The maximum absolute atomic E-state index is 11.3. The Bertz CT molecular complexity index is 326. The van der Waals surface area contributed by atoms with Gasteiger partial charge in [-0.15, -0.1) is 0 Å². The van der Waals surface area contributed by atoms with E-state index in [1.165, 1.54) is 10.6 Å². The lowest BCUT2D eigenvalue weighted by molar-refractivity contribution is -0.118. The highest BCUT2D eigenvalue weighted by molar-refractivity contribution is 7.88. The molecule has 1 amide bonds. The van der Waals surface area contributed by atoms with E-state index >= 15 is 0 Å². The van der Waals surface area contributed by atoms with Crippen LogP contribution >= 0.6 is 0 Å². The monoisotopic (exact) mass is 234 g/mol. The summed E-state index contributed by atoms with van der Waals surface area (Å²) in [7, 11) is -3.08. The first-order valence-electron chi connectivity index (χ1n) is 5.13. The lowest BCUT2D eigenvalue weighted by atomic mass is 9.94. The summed E-state index contributed by atoms with van der Waals surface area (Å²) in [6.07, 6.45) is 4.13. The molecule has 1 atom stereocenters. The fourth-order valence-electron chi connectivity index (χ4n) is 1.91. The molecule has 5 nitrogen and oxygen atoms in total. The average molecular weight is 234 g/mol. The predicted molar refractivity (Wildman–Crippen MR) is 57.6 cm³/mol. The van der Waals surface area contributed by atoms with Gasteiger partial charge in [0.25, 0.3) is 0 Å². The van der Waals surface area contributed by atoms with Gasteiger partial charge in [-0.1, -0.05) is 0 Å². The Hall–Kier alpha value is -0.620. The van der Waals surface area contributed by atoms with Crippen LogP contribution < -0.4 is 5.73 Å². The Kier molecular flexibility index (Phi) is 4.10. The maximum Gasteiger partial charge on any atom is 0.217 e. The summed E-state index contributed by atoms with van der Waals surface area (Å²) >= 11 is 0. The molecule has 1 aliphatic heterocycles. The van der Waals surface area contributed by atoms with E-state index in [1.807, 2.05) is 0 Å². The van der Waals surface area contributed by atoms with Crippen molar-refractivity contribution in [2.24, 2.45) is 11.7 Å². The second-order valence-corrected chi connectivity index (χ2v) is 6.12. The molecule has 0 aromatic heterocycles. The van der Waals surface area contributed by atoms with Gasteiger partial charge in [0.05, 0.1) is 6.26 Å². The van der Waals surface area contributed by atoms with Crippen LogP contribution in [0.3, 0.4) is 0 Å². The lowest BCUT2D eigenvalue weighted by Crippen LogP contribution is -2.39. The van der Waals surface area contributed by atoms with Gasteiger partial charge in [0.2, 0.25) is 15.9 Å². The second kappa shape index (κ2) is 4.94. The van der Waals surface area contributed by atoms with Crippen molar-refractivity contribution in [2.75, 3.05) is 19.3 Å². The van der Waals surface area contributed by atoms with Gasteiger partial charge in [-0.05, 0) is 25.2 Å². The Morgan fingerprint density at radius 1 is 1.53 bits per heavy atom. The van der Waals surface area contributed by atoms with Crippen molar-refractivity contribution < 1.29 is 13.2 Å². The van der Waals surface area contributed by atoms with E-state index < -0.39 is 10.0 Å². The van der Waals surface area contributed by atoms with Crippen molar-refractivity contribution in [2.45, 2.75) is 25.7 Å². The zero-order valence-corrected chi connectivity index (χ0v) is 9.79. The molecular formula is C9H18N2O3S. The van der Waals surface area contributed by atoms with Gasteiger partial charge < -0.3 is 5.73 Å². The van der Waals surface area contributed by atoms with Crippen LogP contribution in [0.4, 0.5) is 0 Å². The summed E-state index contributed by atoms with van der Waals surface area (Å²) < 4.78 is 24.1. The van der Waals surface area contributed by atoms with E-state index in [0.717, 1.165) is 12.8 Å². The second-order valence-electron chi connectivity index (χ2n) is 4.13. The van der Waals surface area contributed by atoms with Crippen molar-refractivity contribution in [3.63, 3.8) is 0 Å². The molecule has 1 saturated heterocycles. The van der Waals surface area contributed by atoms with E-state index in [9.17, 15) is 13.2 Å². The Balaban J connectivity index is 2.46. The van der Waals surface area contributed by atoms with Crippen molar-refractivity contribution in [1.29, 1.82) is 0 Å².